The van der Waals surface area contributed by atoms with E-state index < -0.39 is 0 Å². The molecule has 0 aliphatic heterocycles. The average molecular weight is 465 g/mol. The van der Waals surface area contributed by atoms with E-state index in [0.29, 0.717) is 18.9 Å². The highest BCUT2D eigenvalue weighted by molar-refractivity contribution is 5.80. The van der Waals surface area contributed by atoms with Crippen LogP contribution in [0.1, 0.15) is 41.7 Å². The Balaban J connectivity index is 1.39. The number of hydrogen-bond donors (Lipinski definition) is 2. The zero-order valence-corrected chi connectivity index (χ0v) is 19.7. The van der Waals surface area contributed by atoms with E-state index in [1.165, 1.54) is 11.1 Å². The maximum Gasteiger partial charge on any atom is 0.205 e. The smallest absolute Gasteiger partial charge is 0.205 e. The molecule has 0 saturated carbocycles. The van der Waals surface area contributed by atoms with Gasteiger partial charge in [0.05, 0.1) is 6.54 Å². The number of benzene rings is 3. The Morgan fingerprint density at radius 1 is 0.857 bits per heavy atom. The molecule has 0 bridgehead atoms. The molecule has 0 aliphatic carbocycles. The van der Waals surface area contributed by atoms with E-state index in [-0.39, 0.29) is 0 Å². The lowest BCUT2D eigenvalue weighted by Gasteiger charge is -2.10. The summed E-state index contributed by atoms with van der Waals surface area (Å²) in [5.41, 5.74) is 12.3. The third kappa shape index (κ3) is 5.17. The molecule has 3 aromatic carbocycles. The van der Waals surface area contributed by atoms with Crippen LogP contribution < -0.4 is 5.73 Å². The molecule has 0 saturated heterocycles. The summed E-state index contributed by atoms with van der Waals surface area (Å²) in [5, 5.41) is 19.3. The van der Waals surface area contributed by atoms with Crippen LogP contribution in [0.3, 0.4) is 0 Å². The fourth-order valence-electron chi connectivity index (χ4n) is 4.16. The molecule has 0 amide bonds. The Hall–Kier alpha value is -4.17. The second-order valence-electron chi connectivity index (χ2n) is 8.53. The summed E-state index contributed by atoms with van der Waals surface area (Å²) >= 11 is 0. The molecular weight excluding hydrogens is 436 g/mol. The molecule has 176 valence electrons. The Labute approximate surface area is 204 Å². The van der Waals surface area contributed by atoms with Gasteiger partial charge in [0.1, 0.15) is 5.82 Å². The largest absolute Gasteiger partial charge is 0.326 e. The van der Waals surface area contributed by atoms with Crippen LogP contribution in [0, 0.1) is 0 Å². The first kappa shape index (κ1) is 22.6. The minimum Gasteiger partial charge on any atom is -0.326 e. The summed E-state index contributed by atoms with van der Waals surface area (Å²) < 4.78 is 2.03. The summed E-state index contributed by atoms with van der Waals surface area (Å²) in [7, 11) is 0. The molecule has 0 unspecified atom stereocenters. The van der Waals surface area contributed by atoms with Crippen LogP contribution in [0.5, 0.6) is 0 Å². The SMILES string of the molecule is CCCc1nc(Cc2ccc(CN)cc2)n(Cc2ccc(-c3ccccc3-c3nn[nH]n3)cc2)n1. The van der Waals surface area contributed by atoms with Crippen molar-refractivity contribution in [2.75, 3.05) is 0 Å². The zero-order chi connectivity index (χ0) is 24.0. The first-order valence-electron chi connectivity index (χ1n) is 11.9. The number of aryl methyl sites for hydroxylation is 1. The van der Waals surface area contributed by atoms with E-state index in [1.54, 1.807) is 0 Å². The fraction of sp³-hybridized carbons (Fsp3) is 0.222. The molecule has 0 spiro atoms. The Morgan fingerprint density at radius 2 is 1.57 bits per heavy atom. The molecule has 2 heterocycles. The van der Waals surface area contributed by atoms with E-state index in [0.717, 1.165) is 53.2 Å². The van der Waals surface area contributed by atoms with Crippen LogP contribution in [-0.4, -0.2) is 35.4 Å². The highest BCUT2D eigenvalue weighted by Crippen LogP contribution is 2.29. The second-order valence-corrected chi connectivity index (χ2v) is 8.53. The number of tetrazole rings is 1. The number of rotatable bonds is 9. The maximum absolute atomic E-state index is 5.74. The Kier molecular flexibility index (Phi) is 6.72. The van der Waals surface area contributed by atoms with Crippen LogP contribution in [0.25, 0.3) is 22.5 Å². The third-order valence-electron chi connectivity index (χ3n) is 6.00. The van der Waals surface area contributed by atoms with Crippen molar-refractivity contribution in [1.29, 1.82) is 0 Å². The minimum atomic E-state index is 0.548. The number of nitrogens with zero attached hydrogens (tertiary/aromatic N) is 6. The predicted octanol–water partition coefficient (Wildman–Crippen LogP) is 4.18. The van der Waals surface area contributed by atoms with Crippen molar-refractivity contribution < 1.29 is 0 Å². The van der Waals surface area contributed by atoms with E-state index in [4.69, 9.17) is 15.8 Å². The van der Waals surface area contributed by atoms with Gasteiger partial charge in [-0.05, 0) is 39.5 Å². The summed E-state index contributed by atoms with van der Waals surface area (Å²) in [4.78, 5) is 4.84. The van der Waals surface area contributed by atoms with Crippen molar-refractivity contribution in [3.05, 3.63) is 101 Å². The van der Waals surface area contributed by atoms with Gasteiger partial charge in [-0.2, -0.15) is 10.3 Å². The summed E-state index contributed by atoms with van der Waals surface area (Å²) in [6, 6.07) is 25.0. The molecular formula is C27H28N8. The van der Waals surface area contributed by atoms with Crippen molar-refractivity contribution in [2.45, 2.75) is 39.3 Å². The lowest BCUT2D eigenvalue weighted by atomic mass is 9.98. The normalized spacial score (nSPS) is 11.1. The topological polar surface area (TPSA) is 111 Å². The minimum absolute atomic E-state index is 0.548. The highest BCUT2D eigenvalue weighted by atomic mass is 15.5. The summed E-state index contributed by atoms with van der Waals surface area (Å²) in [5.74, 6) is 2.45. The van der Waals surface area contributed by atoms with E-state index >= 15 is 0 Å². The molecule has 0 aliphatic rings. The molecule has 5 rings (SSSR count). The number of aromatic nitrogens is 7. The molecule has 0 atom stereocenters. The van der Waals surface area contributed by atoms with Crippen molar-refractivity contribution >= 4 is 0 Å². The number of hydrogen-bond acceptors (Lipinski definition) is 6. The number of nitrogens with two attached hydrogens (primary N) is 1. The van der Waals surface area contributed by atoms with Crippen LogP contribution in [0.2, 0.25) is 0 Å². The van der Waals surface area contributed by atoms with Gasteiger partial charge in [0.15, 0.2) is 5.82 Å². The zero-order valence-electron chi connectivity index (χ0n) is 19.7. The molecule has 2 aromatic heterocycles. The quantitative estimate of drug-likeness (QED) is 0.339. The Morgan fingerprint density at radius 3 is 2.26 bits per heavy atom. The van der Waals surface area contributed by atoms with Crippen LogP contribution in [0.4, 0.5) is 0 Å². The van der Waals surface area contributed by atoms with Crippen molar-refractivity contribution in [1.82, 2.24) is 35.4 Å². The molecule has 0 radical (unpaired) electrons. The van der Waals surface area contributed by atoms with Gasteiger partial charge in [0.2, 0.25) is 5.82 Å². The monoisotopic (exact) mass is 464 g/mol. The van der Waals surface area contributed by atoms with Crippen molar-refractivity contribution in [2.24, 2.45) is 5.73 Å². The number of H-pyrrole nitrogens is 1. The van der Waals surface area contributed by atoms with Crippen molar-refractivity contribution in [3.63, 3.8) is 0 Å². The van der Waals surface area contributed by atoms with Gasteiger partial charge in [-0.25, -0.2) is 9.67 Å². The summed E-state index contributed by atoms with van der Waals surface area (Å²) in [6.07, 6.45) is 2.62. The molecule has 8 heteroatoms. The van der Waals surface area contributed by atoms with Crippen molar-refractivity contribution in [3.8, 4) is 22.5 Å². The van der Waals surface area contributed by atoms with Gasteiger partial charge in [0.25, 0.3) is 0 Å². The van der Waals surface area contributed by atoms with Gasteiger partial charge in [-0.3, -0.25) is 0 Å². The van der Waals surface area contributed by atoms with Gasteiger partial charge >= 0.3 is 0 Å². The van der Waals surface area contributed by atoms with Crippen LogP contribution >= 0.6 is 0 Å². The van der Waals surface area contributed by atoms with Gasteiger partial charge in [-0.15, -0.1) is 10.2 Å². The van der Waals surface area contributed by atoms with Crippen LogP contribution in [0.15, 0.2) is 72.8 Å². The number of aromatic amines is 1. The van der Waals surface area contributed by atoms with Crippen LogP contribution in [-0.2, 0) is 25.9 Å². The first-order valence-corrected chi connectivity index (χ1v) is 11.9. The standard InChI is InChI=1S/C27H28N8/c1-2-5-25-29-26(16-19-8-10-20(17-28)11-9-19)35(32-25)18-21-12-14-22(15-13-21)23-6-3-4-7-24(23)27-30-33-34-31-27/h3-4,6-15H,2,5,16-18,28H2,1H3,(H,30,31,33,34). The molecule has 3 N–H and O–H groups in total. The molecule has 35 heavy (non-hydrogen) atoms. The third-order valence-corrected chi connectivity index (χ3v) is 6.00. The van der Waals surface area contributed by atoms with Gasteiger partial charge in [0, 0.05) is 24.9 Å². The lowest BCUT2D eigenvalue weighted by molar-refractivity contribution is 0.638. The first-order chi connectivity index (χ1) is 17.2. The van der Waals surface area contributed by atoms with Gasteiger partial charge < -0.3 is 5.73 Å². The van der Waals surface area contributed by atoms with E-state index in [2.05, 4.69) is 82.1 Å². The van der Waals surface area contributed by atoms with E-state index in [9.17, 15) is 0 Å². The molecule has 0 fully saturated rings. The molecule has 5 aromatic rings. The maximum atomic E-state index is 5.74. The molecule has 8 nitrogen and oxygen atoms in total. The number of nitrogens with one attached hydrogen (secondary N) is 1. The predicted molar refractivity (Wildman–Crippen MR) is 135 cm³/mol. The highest BCUT2D eigenvalue weighted by Gasteiger charge is 2.13. The fourth-order valence-corrected chi connectivity index (χ4v) is 4.16. The second kappa shape index (κ2) is 10.4. The van der Waals surface area contributed by atoms with Gasteiger partial charge in [-0.1, -0.05) is 79.7 Å². The average Bonchev–Trinajstić information content (AvgIpc) is 3.56. The Bertz CT molecular complexity index is 1370. The summed E-state index contributed by atoms with van der Waals surface area (Å²) in [6.45, 7) is 3.36. The lowest BCUT2D eigenvalue weighted by Crippen LogP contribution is -2.08. The van der Waals surface area contributed by atoms with E-state index in [1.807, 2.05) is 22.9 Å².